The van der Waals surface area contributed by atoms with Gasteiger partial charge in [0.25, 0.3) is 0 Å². The summed E-state index contributed by atoms with van der Waals surface area (Å²) in [6, 6.07) is 15.8. The van der Waals surface area contributed by atoms with Crippen molar-refractivity contribution in [1.29, 1.82) is 0 Å². The lowest BCUT2D eigenvalue weighted by Gasteiger charge is -2.22. The number of sulfonamides is 2. The molecule has 0 radical (unpaired) electrons. The molecule has 0 saturated heterocycles. The van der Waals surface area contributed by atoms with E-state index in [2.05, 4.69) is 9.82 Å². The van der Waals surface area contributed by atoms with Crippen LogP contribution in [0.1, 0.15) is 37.4 Å². The van der Waals surface area contributed by atoms with E-state index in [1.165, 1.54) is 4.41 Å². The monoisotopic (exact) mass is 421 g/mol. The zero-order valence-electron chi connectivity index (χ0n) is 15.7. The summed E-state index contributed by atoms with van der Waals surface area (Å²) < 4.78 is 52.2. The minimum absolute atomic E-state index is 0.00987. The number of benzene rings is 2. The van der Waals surface area contributed by atoms with Crippen molar-refractivity contribution in [1.82, 2.24) is 4.41 Å². The molecule has 1 unspecified atom stereocenters. The van der Waals surface area contributed by atoms with Gasteiger partial charge >= 0.3 is 0 Å². The first-order valence-electron chi connectivity index (χ1n) is 9.01. The van der Waals surface area contributed by atoms with Gasteiger partial charge in [0, 0.05) is 12.1 Å². The number of nitrogens with one attached hydrogen (secondary N) is 1. The van der Waals surface area contributed by atoms with Gasteiger partial charge in [0.05, 0.1) is 23.3 Å². The maximum atomic E-state index is 12.5. The number of nitrogens with zero attached hydrogens (tertiary/aromatic N) is 2. The lowest BCUT2D eigenvalue weighted by atomic mass is 9.99. The van der Waals surface area contributed by atoms with Gasteiger partial charge < -0.3 is 0 Å². The van der Waals surface area contributed by atoms with Crippen LogP contribution in [0.2, 0.25) is 0 Å². The fourth-order valence-electron chi connectivity index (χ4n) is 2.96. The molecule has 1 aliphatic rings. The molecule has 28 heavy (non-hydrogen) atoms. The number of hydrogen-bond acceptors (Lipinski definition) is 5. The minimum atomic E-state index is -3.52. The Morgan fingerprint density at radius 1 is 0.964 bits per heavy atom. The van der Waals surface area contributed by atoms with E-state index in [0.29, 0.717) is 17.8 Å². The van der Waals surface area contributed by atoms with Crippen molar-refractivity contribution in [3.8, 4) is 0 Å². The number of anilines is 1. The lowest BCUT2D eigenvalue weighted by molar-refractivity contribution is 0.372. The Morgan fingerprint density at radius 3 is 2.18 bits per heavy atom. The first-order chi connectivity index (χ1) is 13.3. The summed E-state index contributed by atoms with van der Waals surface area (Å²) in [6.45, 7) is 3.16. The first kappa shape index (κ1) is 20.3. The Hall–Kier alpha value is -2.39. The molecule has 2 aromatic rings. The molecule has 0 amide bonds. The third-order valence-electron chi connectivity index (χ3n) is 4.58. The van der Waals surface area contributed by atoms with Gasteiger partial charge in [-0.3, -0.25) is 4.72 Å². The molecular weight excluding hydrogens is 398 g/mol. The average molecular weight is 422 g/mol. The van der Waals surface area contributed by atoms with E-state index in [9.17, 15) is 16.8 Å². The van der Waals surface area contributed by atoms with Crippen LogP contribution < -0.4 is 4.72 Å². The van der Waals surface area contributed by atoms with Crippen LogP contribution >= 0.6 is 0 Å². The Bertz CT molecular complexity index is 1060. The summed E-state index contributed by atoms with van der Waals surface area (Å²) in [7, 11) is -6.87. The molecule has 9 heteroatoms. The number of hydrazone groups is 1. The fourth-order valence-corrected chi connectivity index (χ4v) is 4.67. The number of hydrogen-bond donors (Lipinski definition) is 1. The van der Waals surface area contributed by atoms with Crippen LogP contribution in [0.4, 0.5) is 5.69 Å². The normalized spacial score (nSPS) is 17.4. The summed E-state index contributed by atoms with van der Waals surface area (Å²) >= 11 is 0. The van der Waals surface area contributed by atoms with Crippen molar-refractivity contribution in [3.63, 3.8) is 0 Å². The third-order valence-corrected chi connectivity index (χ3v) is 7.52. The standard InChI is InChI=1S/C19H23N3O4S2/c1-3-27(23,24)21-17-12-10-15(11-13-17)18-14-19(16-8-6-5-7-9-16)22(20-18)28(25,26)4-2/h5-13,19,21H,3-4,14H2,1-2H3. The van der Waals surface area contributed by atoms with Gasteiger partial charge in [-0.1, -0.05) is 42.5 Å². The van der Waals surface area contributed by atoms with Crippen molar-refractivity contribution >= 4 is 31.4 Å². The molecular formula is C19H23N3O4S2. The van der Waals surface area contributed by atoms with Crippen molar-refractivity contribution < 1.29 is 16.8 Å². The lowest BCUT2D eigenvalue weighted by Crippen LogP contribution is -2.28. The zero-order chi connectivity index (χ0) is 20.4. The Morgan fingerprint density at radius 2 is 1.61 bits per heavy atom. The second-order valence-electron chi connectivity index (χ2n) is 6.43. The van der Waals surface area contributed by atoms with Gasteiger partial charge in [0.1, 0.15) is 0 Å². The molecule has 0 fully saturated rings. The van der Waals surface area contributed by atoms with Gasteiger partial charge in [0.15, 0.2) is 0 Å². The third kappa shape index (κ3) is 4.36. The highest BCUT2D eigenvalue weighted by Gasteiger charge is 2.35. The van der Waals surface area contributed by atoms with E-state index < -0.39 is 20.0 Å². The molecule has 0 aliphatic carbocycles. The molecule has 7 nitrogen and oxygen atoms in total. The molecule has 1 atom stereocenters. The van der Waals surface area contributed by atoms with Crippen molar-refractivity contribution in [3.05, 3.63) is 65.7 Å². The summed E-state index contributed by atoms with van der Waals surface area (Å²) in [5.74, 6) is -0.0467. The average Bonchev–Trinajstić information content (AvgIpc) is 3.15. The Kier molecular flexibility index (Phi) is 5.76. The largest absolute Gasteiger partial charge is 0.284 e. The molecule has 1 N–H and O–H groups in total. The molecule has 1 heterocycles. The second kappa shape index (κ2) is 7.92. The molecule has 150 valence electrons. The SMILES string of the molecule is CCS(=O)(=O)Nc1ccc(C2=NN(S(=O)(=O)CC)C(c3ccccc3)C2)cc1. The van der Waals surface area contributed by atoms with E-state index in [1.54, 1.807) is 38.1 Å². The van der Waals surface area contributed by atoms with Crippen LogP contribution in [0.3, 0.4) is 0 Å². The maximum Gasteiger partial charge on any atom is 0.250 e. The zero-order valence-corrected chi connectivity index (χ0v) is 17.4. The topological polar surface area (TPSA) is 95.9 Å². The Balaban J connectivity index is 1.91. The molecule has 1 aliphatic heterocycles. The summed E-state index contributed by atoms with van der Waals surface area (Å²) in [5, 5.41) is 4.40. The van der Waals surface area contributed by atoms with E-state index >= 15 is 0 Å². The highest BCUT2D eigenvalue weighted by atomic mass is 32.2. The van der Waals surface area contributed by atoms with Crippen LogP contribution in [0.15, 0.2) is 59.7 Å². The van der Waals surface area contributed by atoms with Gasteiger partial charge in [-0.15, -0.1) is 0 Å². The van der Waals surface area contributed by atoms with E-state index in [4.69, 9.17) is 0 Å². The maximum absolute atomic E-state index is 12.5. The van der Waals surface area contributed by atoms with Crippen LogP contribution in [0.25, 0.3) is 0 Å². The smallest absolute Gasteiger partial charge is 0.250 e. The summed E-state index contributed by atoms with van der Waals surface area (Å²) in [6.07, 6.45) is 0.448. The van der Waals surface area contributed by atoms with E-state index in [1.807, 2.05) is 30.3 Å². The van der Waals surface area contributed by atoms with Crippen molar-refractivity contribution in [2.75, 3.05) is 16.2 Å². The molecule has 3 rings (SSSR count). The fraction of sp³-hybridized carbons (Fsp3) is 0.316. The quantitative estimate of drug-likeness (QED) is 0.743. The number of rotatable bonds is 7. The van der Waals surface area contributed by atoms with Gasteiger partial charge in [-0.2, -0.15) is 9.52 Å². The molecule has 0 aromatic heterocycles. The van der Waals surface area contributed by atoms with Crippen LogP contribution in [0, 0.1) is 0 Å². The van der Waals surface area contributed by atoms with Crippen molar-refractivity contribution in [2.45, 2.75) is 26.3 Å². The van der Waals surface area contributed by atoms with Gasteiger partial charge in [-0.05, 0) is 37.1 Å². The summed E-state index contributed by atoms with van der Waals surface area (Å²) in [4.78, 5) is 0. The highest BCUT2D eigenvalue weighted by Crippen LogP contribution is 2.35. The van der Waals surface area contributed by atoms with E-state index in [-0.39, 0.29) is 17.5 Å². The summed E-state index contributed by atoms with van der Waals surface area (Å²) in [5.41, 5.74) is 2.75. The predicted octanol–water partition coefficient (Wildman–Crippen LogP) is 2.95. The molecule has 0 saturated carbocycles. The first-order valence-corrected chi connectivity index (χ1v) is 12.3. The highest BCUT2D eigenvalue weighted by molar-refractivity contribution is 7.92. The predicted molar refractivity (Wildman–Crippen MR) is 111 cm³/mol. The minimum Gasteiger partial charge on any atom is -0.284 e. The van der Waals surface area contributed by atoms with Gasteiger partial charge in [-0.25, -0.2) is 16.8 Å². The molecule has 2 aromatic carbocycles. The van der Waals surface area contributed by atoms with E-state index in [0.717, 1.165) is 11.1 Å². The van der Waals surface area contributed by atoms with Gasteiger partial charge in [0.2, 0.25) is 20.0 Å². The second-order valence-corrected chi connectivity index (χ2v) is 10.6. The van der Waals surface area contributed by atoms with Crippen LogP contribution in [-0.2, 0) is 20.0 Å². The van der Waals surface area contributed by atoms with Crippen molar-refractivity contribution in [2.24, 2.45) is 5.10 Å². The molecule has 0 bridgehead atoms. The van der Waals surface area contributed by atoms with Crippen LogP contribution in [-0.4, -0.2) is 38.5 Å². The van der Waals surface area contributed by atoms with Crippen LogP contribution in [0.5, 0.6) is 0 Å². The molecule has 0 spiro atoms. The Labute approximate surface area is 166 Å².